The van der Waals surface area contributed by atoms with Crippen LogP contribution in [0.5, 0.6) is 0 Å². The highest BCUT2D eigenvalue weighted by Crippen LogP contribution is 2.26. The smallest absolute Gasteiger partial charge is 0.228 e. The second-order valence-electron chi connectivity index (χ2n) is 6.58. The molecule has 0 unspecified atom stereocenters. The Morgan fingerprint density at radius 3 is 2.76 bits per heavy atom. The van der Waals surface area contributed by atoms with Crippen LogP contribution in [-0.4, -0.2) is 29.9 Å². The molecular weight excluding hydrogens is 378 g/mol. The molecular formula is C20H22BrN3O. The Morgan fingerprint density at radius 1 is 1.20 bits per heavy atom. The number of anilines is 1. The van der Waals surface area contributed by atoms with Crippen LogP contribution in [0.25, 0.3) is 10.9 Å². The van der Waals surface area contributed by atoms with E-state index in [4.69, 9.17) is 0 Å². The maximum absolute atomic E-state index is 12.5. The van der Waals surface area contributed by atoms with Gasteiger partial charge in [0.05, 0.1) is 6.42 Å². The van der Waals surface area contributed by atoms with Crippen LogP contribution in [0, 0.1) is 6.92 Å². The zero-order chi connectivity index (χ0) is 18.0. The molecule has 0 aliphatic rings. The summed E-state index contributed by atoms with van der Waals surface area (Å²) in [5.74, 6) is -0.00835. The second-order valence-corrected chi connectivity index (χ2v) is 7.50. The van der Waals surface area contributed by atoms with Gasteiger partial charge in [-0.1, -0.05) is 28.1 Å². The van der Waals surface area contributed by atoms with Crippen LogP contribution in [-0.2, 0) is 17.8 Å². The first-order chi connectivity index (χ1) is 11.9. The van der Waals surface area contributed by atoms with Gasteiger partial charge < -0.3 is 15.2 Å². The Hall–Kier alpha value is -2.11. The van der Waals surface area contributed by atoms with E-state index in [2.05, 4.69) is 43.3 Å². The first-order valence-corrected chi connectivity index (χ1v) is 9.02. The predicted molar refractivity (Wildman–Crippen MR) is 107 cm³/mol. The summed E-state index contributed by atoms with van der Waals surface area (Å²) >= 11 is 3.50. The number of benzene rings is 2. The average Bonchev–Trinajstić information content (AvgIpc) is 2.82. The highest BCUT2D eigenvalue weighted by Gasteiger charge is 2.13. The number of carbonyl (C=O) groups is 1. The van der Waals surface area contributed by atoms with Gasteiger partial charge in [0.25, 0.3) is 0 Å². The number of aryl methyl sites for hydroxylation is 1. The SMILES string of the molecule is Cc1[nH]c2ccc(Br)cc2c1CC(=O)Nc1cccc(CN(C)C)c1. The predicted octanol–water partition coefficient (Wildman–Crippen LogP) is 4.48. The highest BCUT2D eigenvalue weighted by molar-refractivity contribution is 9.10. The number of nitrogens with zero attached hydrogens (tertiary/aromatic N) is 1. The zero-order valence-electron chi connectivity index (χ0n) is 14.7. The Kier molecular flexibility index (Phi) is 5.25. The minimum absolute atomic E-state index is 0.00835. The molecule has 4 nitrogen and oxygen atoms in total. The van der Waals surface area contributed by atoms with Crippen molar-refractivity contribution in [2.24, 2.45) is 0 Å². The van der Waals surface area contributed by atoms with E-state index in [-0.39, 0.29) is 5.91 Å². The van der Waals surface area contributed by atoms with Gasteiger partial charge in [0, 0.05) is 33.3 Å². The Bertz CT molecular complexity index is 914. The molecule has 0 bridgehead atoms. The number of nitrogens with one attached hydrogen (secondary N) is 2. The minimum atomic E-state index is -0.00835. The number of aromatic nitrogens is 1. The van der Waals surface area contributed by atoms with Crippen LogP contribution in [0.3, 0.4) is 0 Å². The van der Waals surface area contributed by atoms with Gasteiger partial charge in [-0.25, -0.2) is 0 Å². The fourth-order valence-electron chi connectivity index (χ4n) is 3.06. The van der Waals surface area contributed by atoms with Gasteiger partial charge in [-0.3, -0.25) is 4.79 Å². The quantitative estimate of drug-likeness (QED) is 0.664. The molecule has 5 heteroatoms. The molecule has 0 saturated carbocycles. The van der Waals surface area contributed by atoms with E-state index >= 15 is 0 Å². The largest absolute Gasteiger partial charge is 0.358 e. The van der Waals surface area contributed by atoms with Gasteiger partial charge in [0.1, 0.15) is 0 Å². The molecule has 1 heterocycles. The number of amides is 1. The van der Waals surface area contributed by atoms with Crippen molar-refractivity contribution in [2.45, 2.75) is 19.9 Å². The molecule has 0 spiro atoms. The summed E-state index contributed by atoms with van der Waals surface area (Å²) in [7, 11) is 4.06. The van der Waals surface area contributed by atoms with Crippen molar-refractivity contribution < 1.29 is 4.79 Å². The van der Waals surface area contributed by atoms with E-state index in [1.807, 2.05) is 51.4 Å². The maximum atomic E-state index is 12.5. The van der Waals surface area contributed by atoms with Gasteiger partial charge in [-0.05, 0) is 62.5 Å². The molecule has 3 rings (SSSR count). The van der Waals surface area contributed by atoms with Gasteiger partial charge >= 0.3 is 0 Å². The number of aromatic amines is 1. The number of carbonyl (C=O) groups excluding carboxylic acids is 1. The van der Waals surface area contributed by atoms with Crippen LogP contribution in [0.15, 0.2) is 46.9 Å². The molecule has 0 aliphatic carbocycles. The van der Waals surface area contributed by atoms with Gasteiger partial charge in [0.15, 0.2) is 0 Å². The molecule has 0 saturated heterocycles. The molecule has 130 valence electrons. The fraction of sp³-hybridized carbons (Fsp3) is 0.250. The topological polar surface area (TPSA) is 48.1 Å². The number of fused-ring (bicyclic) bond motifs is 1. The molecule has 3 aromatic rings. The Balaban J connectivity index is 1.77. The van der Waals surface area contributed by atoms with Crippen molar-refractivity contribution in [1.82, 2.24) is 9.88 Å². The third-order valence-corrected chi connectivity index (χ3v) is 4.62. The third-order valence-electron chi connectivity index (χ3n) is 4.13. The van der Waals surface area contributed by atoms with Crippen LogP contribution in [0.4, 0.5) is 5.69 Å². The molecule has 1 aromatic heterocycles. The molecule has 0 atom stereocenters. The van der Waals surface area contributed by atoms with E-state index in [0.717, 1.165) is 38.9 Å². The van der Waals surface area contributed by atoms with Crippen molar-refractivity contribution in [1.29, 1.82) is 0 Å². The molecule has 0 radical (unpaired) electrons. The maximum Gasteiger partial charge on any atom is 0.228 e. The van der Waals surface area contributed by atoms with Crippen molar-refractivity contribution in [3.63, 3.8) is 0 Å². The average molecular weight is 400 g/mol. The van der Waals surface area contributed by atoms with E-state index in [1.54, 1.807) is 0 Å². The summed E-state index contributed by atoms with van der Waals surface area (Å²) in [6.45, 7) is 2.85. The summed E-state index contributed by atoms with van der Waals surface area (Å²) in [5, 5.41) is 4.10. The van der Waals surface area contributed by atoms with Crippen LogP contribution in [0.2, 0.25) is 0 Å². The lowest BCUT2D eigenvalue weighted by molar-refractivity contribution is -0.115. The number of hydrogen-bond acceptors (Lipinski definition) is 2. The second kappa shape index (κ2) is 7.42. The number of hydrogen-bond donors (Lipinski definition) is 2. The van der Waals surface area contributed by atoms with Gasteiger partial charge in [-0.15, -0.1) is 0 Å². The first-order valence-electron chi connectivity index (χ1n) is 8.22. The van der Waals surface area contributed by atoms with Gasteiger partial charge in [0.2, 0.25) is 5.91 Å². The summed E-state index contributed by atoms with van der Waals surface area (Å²) in [6.07, 6.45) is 0.347. The van der Waals surface area contributed by atoms with Gasteiger partial charge in [-0.2, -0.15) is 0 Å². The van der Waals surface area contributed by atoms with Crippen LogP contribution in [0.1, 0.15) is 16.8 Å². The van der Waals surface area contributed by atoms with E-state index < -0.39 is 0 Å². The van der Waals surface area contributed by atoms with Crippen LogP contribution >= 0.6 is 15.9 Å². The Morgan fingerprint density at radius 2 is 2.00 bits per heavy atom. The standard InChI is InChI=1S/C20H22BrN3O/c1-13-17(18-10-15(21)7-8-19(18)22-13)11-20(25)23-16-6-4-5-14(9-16)12-24(2)3/h4-10,22H,11-12H2,1-3H3,(H,23,25). The van der Waals surface area contributed by atoms with E-state index in [1.165, 1.54) is 5.56 Å². The highest BCUT2D eigenvalue weighted by atomic mass is 79.9. The first kappa shape index (κ1) is 17.7. The van der Waals surface area contributed by atoms with E-state index in [9.17, 15) is 4.79 Å². The minimum Gasteiger partial charge on any atom is -0.358 e. The van der Waals surface area contributed by atoms with E-state index in [0.29, 0.717) is 6.42 Å². The lowest BCUT2D eigenvalue weighted by Crippen LogP contribution is -2.15. The summed E-state index contributed by atoms with van der Waals surface area (Å²) < 4.78 is 1.01. The van der Waals surface area contributed by atoms with Crippen molar-refractivity contribution in [3.05, 3.63) is 63.8 Å². The van der Waals surface area contributed by atoms with Crippen molar-refractivity contribution >= 4 is 38.4 Å². The van der Waals surface area contributed by atoms with Crippen molar-refractivity contribution in [3.8, 4) is 0 Å². The Labute approximate surface area is 156 Å². The summed E-state index contributed by atoms with van der Waals surface area (Å²) in [5.41, 5.74) is 5.14. The molecule has 1 amide bonds. The number of rotatable bonds is 5. The lowest BCUT2D eigenvalue weighted by Gasteiger charge is -2.11. The van der Waals surface area contributed by atoms with Crippen molar-refractivity contribution in [2.75, 3.05) is 19.4 Å². The zero-order valence-corrected chi connectivity index (χ0v) is 16.3. The van der Waals surface area contributed by atoms with Crippen LogP contribution < -0.4 is 5.32 Å². The lowest BCUT2D eigenvalue weighted by atomic mass is 10.1. The molecule has 0 fully saturated rings. The third kappa shape index (κ3) is 4.30. The normalized spacial score (nSPS) is 11.2. The molecule has 2 N–H and O–H groups in total. The fourth-order valence-corrected chi connectivity index (χ4v) is 3.42. The number of H-pyrrole nitrogens is 1. The monoisotopic (exact) mass is 399 g/mol. The molecule has 2 aromatic carbocycles. The molecule has 0 aliphatic heterocycles. The molecule has 25 heavy (non-hydrogen) atoms. The summed E-state index contributed by atoms with van der Waals surface area (Å²) in [4.78, 5) is 18.0. The number of halogens is 1. The summed E-state index contributed by atoms with van der Waals surface area (Å²) in [6, 6.07) is 14.1.